The molecule has 0 atom stereocenters. The predicted octanol–water partition coefficient (Wildman–Crippen LogP) is 3.92. The number of ether oxygens (including phenoxy) is 1. The first-order valence-electron chi connectivity index (χ1n) is 7.84. The third-order valence-corrected chi connectivity index (χ3v) is 3.97. The number of fused-ring (bicyclic) bond motifs is 1. The van der Waals surface area contributed by atoms with E-state index in [9.17, 15) is 27.9 Å². The molecule has 0 aliphatic heterocycles. The molecule has 1 aromatic carbocycles. The molecule has 1 aromatic heterocycles. The van der Waals surface area contributed by atoms with E-state index in [4.69, 9.17) is 4.74 Å². The quantitative estimate of drug-likeness (QED) is 0.656. The fraction of sp³-hybridized carbons (Fsp3) is 0.278. The largest absolute Gasteiger partial charge is 0.511 e. The summed E-state index contributed by atoms with van der Waals surface area (Å²) in [6.07, 6.45) is -2.33. The van der Waals surface area contributed by atoms with Crippen molar-refractivity contribution in [2.75, 3.05) is 6.61 Å². The molecular formula is C18H14F3NO4. The second-order valence-corrected chi connectivity index (χ2v) is 5.87. The lowest BCUT2D eigenvalue weighted by Crippen LogP contribution is -2.20. The van der Waals surface area contributed by atoms with Gasteiger partial charge < -0.3 is 9.84 Å². The average molecular weight is 365 g/mol. The average Bonchev–Trinajstić information content (AvgIpc) is 2.58. The Morgan fingerprint density at radius 1 is 1.23 bits per heavy atom. The van der Waals surface area contributed by atoms with Crippen molar-refractivity contribution in [2.24, 2.45) is 0 Å². The van der Waals surface area contributed by atoms with Crippen LogP contribution in [0.15, 0.2) is 41.8 Å². The van der Waals surface area contributed by atoms with Crippen LogP contribution < -0.4 is 4.74 Å². The third kappa shape index (κ3) is 3.68. The van der Waals surface area contributed by atoms with Gasteiger partial charge in [0, 0.05) is 30.0 Å². The van der Waals surface area contributed by atoms with Crippen molar-refractivity contribution in [3.8, 4) is 5.75 Å². The van der Waals surface area contributed by atoms with Crippen LogP contribution in [0.3, 0.4) is 0 Å². The molecule has 0 spiro atoms. The zero-order valence-corrected chi connectivity index (χ0v) is 13.5. The number of allylic oxidation sites excluding steroid dienone is 2. The van der Waals surface area contributed by atoms with Gasteiger partial charge in [0.05, 0.1) is 5.52 Å². The van der Waals surface area contributed by atoms with Crippen molar-refractivity contribution in [3.05, 3.63) is 47.4 Å². The fourth-order valence-electron chi connectivity index (χ4n) is 2.78. The fourth-order valence-corrected chi connectivity index (χ4v) is 2.78. The van der Waals surface area contributed by atoms with Crippen LogP contribution in [-0.4, -0.2) is 34.4 Å². The Kier molecular flexibility index (Phi) is 4.67. The monoisotopic (exact) mass is 365 g/mol. The maximum Gasteiger partial charge on any atom is 0.422 e. The number of ketones is 2. The second kappa shape index (κ2) is 6.78. The summed E-state index contributed by atoms with van der Waals surface area (Å²) in [5, 5.41) is 10.1. The van der Waals surface area contributed by atoms with Gasteiger partial charge in [0.25, 0.3) is 0 Å². The smallest absolute Gasteiger partial charge is 0.422 e. The van der Waals surface area contributed by atoms with Crippen molar-refractivity contribution in [2.45, 2.75) is 25.4 Å². The number of hydrogen-bond acceptors (Lipinski definition) is 5. The molecule has 1 N–H and O–H groups in total. The van der Waals surface area contributed by atoms with E-state index >= 15 is 0 Å². The number of pyridine rings is 1. The minimum Gasteiger partial charge on any atom is -0.511 e. The number of nitrogens with zero attached hydrogens (tertiary/aromatic N) is 1. The van der Waals surface area contributed by atoms with Gasteiger partial charge in [-0.05, 0) is 30.7 Å². The summed E-state index contributed by atoms with van der Waals surface area (Å²) in [6.45, 7) is -1.48. The SMILES string of the molecule is O=C1CCCC(O)=C1C(=O)c1ccc2nccc(OCC(F)(F)F)c2c1. The number of rotatable bonds is 4. The summed E-state index contributed by atoms with van der Waals surface area (Å²) in [5.41, 5.74) is 0.144. The van der Waals surface area contributed by atoms with Crippen LogP contribution in [0, 0.1) is 0 Å². The molecule has 0 saturated carbocycles. The Morgan fingerprint density at radius 2 is 2.00 bits per heavy atom. The van der Waals surface area contributed by atoms with Gasteiger partial charge in [0.2, 0.25) is 0 Å². The maximum atomic E-state index is 12.6. The molecule has 2 aromatic rings. The van der Waals surface area contributed by atoms with Crippen molar-refractivity contribution >= 4 is 22.5 Å². The summed E-state index contributed by atoms with van der Waals surface area (Å²) >= 11 is 0. The number of aliphatic hydroxyl groups excluding tert-OH is 1. The van der Waals surface area contributed by atoms with Crippen LogP contribution in [0.2, 0.25) is 0 Å². The Bertz CT molecular complexity index is 918. The summed E-state index contributed by atoms with van der Waals surface area (Å²) in [7, 11) is 0. The van der Waals surface area contributed by atoms with Crippen molar-refractivity contribution in [1.82, 2.24) is 4.98 Å². The highest BCUT2D eigenvalue weighted by Crippen LogP contribution is 2.29. The minimum absolute atomic E-state index is 0.0687. The van der Waals surface area contributed by atoms with Gasteiger partial charge in [-0.25, -0.2) is 0 Å². The second-order valence-electron chi connectivity index (χ2n) is 5.87. The van der Waals surface area contributed by atoms with Crippen LogP contribution in [0.4, 0.5) is 13.2 Å². The van der Waals surface area contributed by atoms with E-state index in [0.29, 0.717) is 11.9 Å². The molecule has 136 valence electrons. The molecule has 1 heterocycles. The number of aromatic nitrogens is 1. The molecule has 1 aliphatic rings. The molecule has 26 heavy (non-hydrogen) atoms. The first-order valence-corrected chi connectivity index (χ1v) is 7.84. The lowest BCUT2D eigenvalue weighted by molar-refractivity contribution is -0.153. The number of Topliss-reactive ketones (excluding diaryl/α,β-unsaturated/α-hetero) is 2. The molecule has 8 heteroatoms. The van der Waals surface area contributed by atoms with Crippen molar-refractivity contribution in [3.63, 3.8) is 0 Å². The van der Waals surface area contributed by atoms with Gasteiger partial charge in [0.15, 0.2) is 18.2 Å². The summed E-state index contributed by atoms with van der Waals surface area (Å²) in [5.74, 6) is -1.44. The lowest BCUT2D eigenvalue weighted by atomic mass is 9.90. The molecule has 0 fully saturated rings. The van der Waals surface area contributed by atoms with Gasteiger partial charge in [-0.15, -0.1) is 0 Å². The highest BCUT2D eigenvalue weighted by atomic mass is 19.4. The third-order valence-electron chi connectivity index (χ3n) is 3.97. The van der Waals surface area contributed by atoms with Gasteiger partial charge >= 0.3 is 6.18 Å². The molecular weight excluding hydrogens is 351 g/mol. The zero-order valence-electron chi connectivity index (χ0n) is 13.5. The van der Waals surface area contributed by atoms with Crippen LogP contribution in [0.1, 0.15) is 29.6 Å². The summed E-state index contributed by atoms with van der Waals surface area (Å²) in [6, 6.07) is 5.45. The highest BCUT2D eigenvalue weighted by molar-refractivity contribution is 6.27. The van der Waals surface area contributed by atoms with E-state index in [2.05, 4.69) is 4.98 Å². The van der Waals surface area contributed by atoms with Gasteiger partial charge in [-0.2, -0.15) is 13.2 Å². The van der Waals surface area contributed by atoms with Gasteiger partial charge in [0.1, 0.15) is 17.1 Å². The molecule has 5 nitrogen and oxygen atoms in total. The van der Waals surface area contributed by atoms with Gasteiger partial charge in [-0.1, -0.05) is 0 Å². The van der Waals surface area contributed by atoms with E-state index in [1.54, 1.807) is 0 Å². The number of aliphatic hydroxyl groups is 1. The zero-order chi connectivity index (χ0) is 18.9. The summed E-state index contributed by atoms with van der Waals surface area (Å²) < 4.78 is 42.0. The lowest BCUT2D eigenvalue weighted by Gasteiger charge is -2.15. The topological polar surface area (TPSA) is 76.5 Å². The first kappa shape index (κ1) is 17.9. The first-order chi connectivity index (χ1) is 12.3. The number of hydrogen-bond donors (Lipinski definition) is 1. The standard InChI is InChI=1S/C18H14F3NO4/c19-18(20,21)9-26-15-6-7-22-12-5-4-10(8-11(12)15)17(25)16-13(23)2-1-3-14(16)24/h4-8,23H,1-3,9H2. The molecule has 0 saturated heterocycles. The normalized spacial score (nSPS) is 15.4. The molecule has 0 radical (unpaired) electrons. The van der Waals surface area contributed by atoms with Crippen LogP contribution in [0.5, 0.6) is 5.75 Å². The van der Waals surface area contributed by atoms with Crippen LogP contribution in [-0.2, 0) is 4.79 Å². The van der Waals surface area contributed by atoms with Crippen LogP contribution in [0.25, 0.3) is 10.9 Å². The van der Waals surface area contributed by atoms with Crippen molar-refractivity contribution < 1.29 is 32.6 Å². The number of benzene rings is 1. The number of carbonyl (C=O) groups is 2. The Morgan fingerprint density at radius 3 is 2.69 bits per heavy atom. The van der Waals surface area contributed by atoms with Crippen molar-refractivity contribution in [1.29, 1.82) is 0 Å². The van der Waals surface area contributed by atoms with E-state index in [1.807, 2.05) is 0 Å². The van der Waals surface area contributed by atoms with E-state index < -0.39 is 24.3 Å². The van der Waals surface area contributed by atoms with Crippen LogP contribution >= 0.6 is 0 Å². The molecule has 0 amide bonds. The van der Waals surface area contributed by atoms with Gasteiger partial charge in [-0.3, -0.25) is 14.6 Å². The molecule has 0 bridgehead atoms. The highest BCUT2D eigenvalue weighted by Gasteiger charge is 2.29. The molecule has 1 aliphatic carbocycles. The van der Waals surface area contributed by atoms with E-state index in [1.165, 1.54) is 30.5 Å². The summed E-state index contributed by atoms with van der Waals surface area (Å²) in [4.78, 5) is 28.6. The predicted molar refractivity (Wildman–Crippen MR) is 86.1 cm³/mol. The maximum absolute atomic E-state index is 12.6. The number of alkyl halides is 3. The van der Waals surface area contributed by atoms with E-state index in [-0.39, 0.29) is 40.9 Å². The number of halogens is 3. The molecule has 3 rings (SSSR count). The molecule has 0 unspecified atom stereocenters. The minimum atomic E-state index is -4.51. The Labute approximate surface area is 146 Å². The Hall–Kier alpha value is -2.90. The number of carbonyl (C=O) groups excluding carboxylic acids is 2. The Balaban J connectivity index is 2.00. The van der Waals surface area contributed by atoms with E-state index in [0.717, 1.165) is 0 Å².